The lowest BCUT2D eigenvalue weighted by Gasteiger charge is -2.14. The Labute approximate surface area is 134 Å². The van der Waals surface area contributed by atoms with Crippen LogP contribution in [0.4, 0.5) is 11.4 Å². The van der Waals surface area contributed by atoms with E-state index in [-0.39, 0.29) is 0 Å². The number of rotatable bonds is 1. The van der Waals surface area contributed by atoms with Gasteiger partial charge in [-0.2, -0.15) is 0 Å². The molecule has 0 heterocycles. The highest BCUT2D eigenvalue weighted by atomic mass is 79.9. The fourth-order valence-corrected chi connectivity index (χ4v) is 3.38. The summed E-state index contributed by atoms with van der Waals surface area (Å²) in [6.45, 7) is 0. The Hall–Kier alpha value is -1.52. The van der Waals surface area contributed by atoms with E-state index in [1.807, 2.05) is 36.4 Å². The van der Waals surface area contributed by atoms with E-state index in [1.54, 1.807) is 0 Å². The fourth-order valence-electron chi connectivity index (χ4n) is 2.41. The second kappa shape index (κ2) is 5.11. The maximum atomic E-state index is 6.23. The summed E-state index contributed by atoms with van der Waals surface area (Å²) in [6.07, 6.45) is 0. The lowest BCUT2D eigenvalue weighted by molar-refractivity contribution is 1.59. The Morgan fingerprint density at radius 2 is 1.45 bits per heavy atom. The van der Waals surface area contributed by atoms with Gasteiger partial charge >= 0.3 is 0 Å². The summed E-state index contributed by atoms with van der Waals surface area (Å²) in [4.78, 5) is 0. The van der Waals surface area contributed by atoms with Gasteiger partial charge in [0.05, 0.1) is 0 Å². The molecule has 0 bridgehead atoms. The minimum atomic E-state index is 0.707. The van der Waals surface area contributed by atoms with Crippen LogP contribution in [0.15, 0.2) is 57.5 Å². The molecule has 100 valence electrons. The van der Waals surface area contributed by atoms with Crippen LogP contribution in [0, 0.1) is 0 Å². The Balaban J connectivity index is 2.41. The van der Waals surface area contributed by atoms with E-state index in [2.05, 4.69) is 44.0 Å². The number of anilines is 2. The normalized spacial score (nSPS) is 10.9. The number of halogens is 2. The predicted molar refractivity (Wildman–Crippen MR) is 93.6 cm³/mol. The van der Waals surface area contributed by atoms with Gasteiger partial charge in [-0.25, -0.2) is 0 Å². The molecule has 3 rings (SSSR count). The van der Waals surface area contributed by atoms with Gasteiger partial charge in [-0.3, -0.25) is 0 Å². The van der Waals surface area contributed by atoms with Gasteiger partial charge in [0.25, 0.3) is 0 Å². The van der Waals surface area contributed by atoms with Crippen molar-refractivity contribution >= 4 is 54.0 Å². The molecule has 0 radical (unpaired) electrons. The minimum absolute atomic E-state index is 0.707. The van der Waals surface area contributed by atoms with Gasteiger partial charge < -0.3 is 11.5 Å². The molecule has 0 spiro atoms. The second-order valence-electron chi connectivity index (χ2n) is 4.60. The first kappa shape index (κ1) is 13.5. The van der Waals surface area contributed by atoms with Crippen molar-refractivity contribution in [3.8, 4) is 11.1 Å². The SMILES string of the molecule is Nc1cc(Br)ccc1-c1c(N)cc(Br)c2ccccc12. The molecule has 0 saturated carbocycles. The maximum Gasteiger partial charge on any atom is 0.0412 e. The standard InChI is InChI=1S/C16H12Br2N2/c17-9-5-6-12(14(19)7-9)16-11-4-2-1-3-10(11)13(18)8-15(16)20/h1-8H,19-20H2. The number of nitrogen functional groups attached to an aromatic ring is 2. The van der Waals surface area contributed by atoms with Crippen LogP contribution in [0.3, 0.4) is 0 Å². The summed E-state index contributed by atoms with van der Waals surface area (Å²) in [5.41, 5.74) is 15.7. The Bertz CT molecular complexity index is 813. The largest absolute Gasteiger partial charge is 0.398 e. The highest BCUT2D eigenvalue weighted by Crippen LogP contribution is 2.40. The van der Waals surface area contributed by atoms with Crippen LogP contribution in [-0.4, -0.2) is 0 Å². The van der Waals surface area contributed by atoms with Crippen molar-refractivity contribution in [3.05, 3.63) is 57.5 Å². The molecule has 0 aliphatic heterocycles. The first-order valence-electron chi connectivity index (χ1n) is 6.10. The van der Waals surface area contributed by atoms with Gasteiger partial charge in [0, 0.05) is 31.4 Å². The highest BCUT2D eigenvalue weighted by Gasteiger charge is 2.13. The van der Waals surface area contributed by atoms with Crippen LogP contribution in [-0.2, 0) is 0 Å². The van der Waals surface area contributed by atoms with Crippen LogP contribution in [0.1, 0.15) is 0 Å². The van der Waals surface area contributed by atoms with Gasteiger partial charge in [0.2, 0.25) is 0 Å². The lowest BCUT2D eigenvalue weighted by atomic mass is 9.95. The summed E-state index contributed by atoms with van der Waals surface area (Å²) in [5.74, 6) is 0. The number of benzene rings is 3. The van der Waals surface area contributed by atoms with Crippen molar-refractivity contribution in [2.45, 2.75) is 0 Å². The third-order valence-corrected chi connectivity index (χ3v) is 4.46. The maximum absolute atomic E-state index is 6.23. The molecule has 0 aromatic heterocycles. The second-order valence-corrected chi connectivity index (χ2v) is 6.37. The zero-order chi connectivity index (χ0) is 14.3. The third kappa shape index (κ3) is 2.19. The molecule has 0 atom stereocenters. The first-order valence-corrected chi connectivity index (χ1v) is 7.68. The van der Waals surface area contributed by atoms with Gasteiger partial charge in [-0.15, -0.1) is 0 Å². The third-order valence-electron chi connectivity index (χ3n) is 3.31. The lowest BCUT2D eigenvalue weighted by Crippen LogP contribution is -1.96. The molecule has 20 heavy (non-hydrogen) atoms. The van der Waals surface area contributed by atoms with Crippen molar-refractivity contribution in [2.24, 2.45) is 0 Å². The average Bonchev–Trinajstić information content (AvgIpc) is 2.41. The van der Waals surface area contributed by atoms with Crippen molar-refractivity contribution in [3.63, 3.8) is 0 Å². The van der Waals surface area contributed by atoms with E-state index in [0.717, 1.165) is 30.8 Å². The van der Waals surface area contributed by atoms with Crippen molar-refractivity contribution in [1.29, 1.82) is 0 Å². The Morgan fingerprint density at radius 1 is 0.750 bits per heavy atom. The zero-order valence-electron chi connectivity index (χ0n) is 10.5. The van der Waals surface area contributed by atoms with Crippen LogP contribution in [0.25, 0.3) is 21.9 Å². The Kier molecular flexibility index (Phi) is 3.44. The molecule has 0 aliphatic rings. The number of hydrogen-bond acceptors (Lipinski definition) is 2. The van der Waals surface area contributed by atoms with Gasteiger partial charge in [-0.1, -0.05) is 62.2 Å². The van der Waals surface area contributed by atoms with Gasteiger partial charge in [-0.05, 0) is 29.0 Å². The molecule has 2 nitrogen and oxygen atoms in total. The highest BCUT2D eigenvalue weighted by molar-refractivity contribution is 9.11. The molecule has 0 saturated heterocycles. The van der Waals surface area contributed by atoms with Crippen molar-refractivity contribution in [2.75, 3.05) is 11.5 Å². The minimum Gasteiger partial charge on any atom is -0.398 e. The van der Waals surface area contributed by atoms with E-state index in [9.17, 15) is 0 Å². The molecule has 4 N–H and O–H groups in total. The molecule has 4 heteroatoms. The van der Waals surface area contributed by atoms with Gasteiger partial charge in [0.1, 0.15) is 0 Å². The first-order chi connectivity index (χ1) is 9.58. The zero-order valence-corrected chi connectivity index (χ0v) is 13.7. The molecule has 0 unspecified atom stereocenters. The average molecular weight is 392 g/mol. The molecule has 3 aromatic carbocycles. The number of fused-ring (bicyclic) bond motifs is 1. The number of hydrogen-bond donors (Lipinski definition) is 2. The van der Waals surface area contributed by atoms with E-state index in [1.165, 1.54) is 0 Å². The fraction of sp³-hybridized carbons (Fsp3) is 0. The monoisotopic (exact) mass is 390 g/mol. The predicted octanol–water partition coefficient (Wildman–Crippen LogP) is 5.20. The van der Waals surface area contributed by atoms with Crippen LogP contribution < -0.4 is 11.5 Å². The summed E-state index contributed by atoms with van der Waals surface area (Å²) in [5, 5.41) is 2.22. The van der Waals surface area contributed by atoms with E-state index in [0.29, 0.717) is 11.4 Å². The van der Waals surface area contributed by atoms with Crippen LogP contribution in [0.5, 0.6) is 0 Å². The number of nitrogens with two attached hydrogens (primary N) is 2. The van der Waals surface area contributed by atoms with E-state index < -0.39 is 0 Å². The Morgan fingerprint density at radius 3 is 2.15 bits per heavy atom. The topological polar surface area (TPSA) is 52.0 Å². The summed E-state index contributed by atoms with van der Waals surface area (Å²) in [7, 11) is 0. The molecular weight excluding hydrogens is 380 g/mol. The van der Waals surface area contributed by atoms with Crippen LogP contribution >= 0.6 is 31.9 Å². The molecule has 3 aromatic rings. The van der Waals surface area contributed by atoms with Gasteiger partial charge in [0.15, 0.2) is 0 Å². The van der Waals surface area contributed by atoms with Crippen molar-refractivity contribution < 1.29 is 0 Å². The molecule has 0 aliphatic carbocycles. The summed E-state index contributed by atoms with van der Waals surface area (Å²) < 4.78 is 1.95. The quantitative estimate of drug-likeness (QED) is 0.560. The smallest absolute Gasteiger partial charge is 0.0412 e. The van der Waals surface area contributed by atoms with Crippen molar-refractivity contribution in [1.82, 2.24) is 0 Å². The summed E-state index contributed by atoms with van der Waals surface area (Å²) >= 11 is 7.00. The molecular formula is C16H12Br2N2. The summed E-state index contributed by atoms with van der Waals surface area (Å²) in [6, 6.07) is 15.9. The van der Waals surface area contributed by atoms with Crippen LogP contribution in [0.2, 0.25) is 0 Å². The molecule has 0 fully saturated rings. The molecule has 0 amide bonds. The van der Waals surface area contributed by atoms with E-state index >= 15 is 0 Å². The van der Waals surface area contributed by atoms with E-state index in [4.69, 9.17) is 11.5 Å².